The van der Waals surface area contributed by atoms with Crippen LogP contribution in [-0.4, -0.2) is 28.6 Å². The van der Waals surface area contributed by atoms with Gasteiger partial charge in [-0.3, -0.25) is 14.4 Å². The predicted octanol–water partition coefficient (Wildman–Crippen LogP) is 1.30. The van der Waals surface area contributed by atoms with Gasteiger partial charge in [-0.15, -0.1) is 5.06 Å². The molecule has 0 bridgehead atoms. The van der Waals surface area contributed by atoms with Gasteiger partial charge in [-0.1, -0.05) is 12.2 Å². The number of hydrogen-bond donors (Lipinski definition) is 0. The minimum atomic E-state index is -0.698. The van der Waals surface area contributed by atoms with E-state index < -0.39 is 17.8 Å². The first kappa shape index (κ1) is 14.4. The minimum Gasteiger partial charge on any atom is -0.330 e. The second-order valence-corrected chi connectivity index (χ2v) is 5.00. The number of hydrogen-bond acceptors (Lipinski definition) is 5. The summed E-state index contributed by atoms with van der Waals surface area (Å²) in [4.78, 5) is 51.1. The molecule has 1 saturated heterocycles. The molecule has 2 rings (SSSR count). The van der Waals surface area contributed by atoms with Gasteiger partial charge < -0.3 is 4.84 Å². The maximum absolute atomic E-state index is 11.9. The second kappa shape index (κ2) is 6.45. The summed E-state index contributed by atoms with van der Waals surface area (Å²) in [7, 11) is 0. The van der Waals surface area contributed by atoms with Crippen molar-refractivity contribution in [1.29, 1.82) is 0 Å². The van der Waals surface area contributed by atoms with Crippen LogP contribution in [0.2, 0.25) is 0 Å². The Hall–Kier alpha value is -1.98. The van der Waals surface area contributed by atoms with Gasteiger partial charge in [0.1, 0.15) is 5.78 Å². The molecule has 6 nitrogen and oxygen atoms in total. The molecule has 0 spiro atoms. The highest BCUT2D eigenvalue weighted by Gasteiger charge is 2.33. The molecule has 1 fully saturated rings. The molecule has 1 aliphatic heterocycles. The standard InChI is InChI=1S/C14H17NO5/c16-11-6-4-2-1-3-5-10(11)9-14(19)20-15-12(17)7-8-13(15)18/h1-2,10H,3-9H2. The third-order valence-corrected chi connectivity index (χ3v) is 3.47. The summed E-state index contributed by atoms with van der Waals surface area (Å²) in [6, 6.07) is 0. The molecule has 1 atom stereocenters. The normalized spacial score (nSPS) is 23.7. The molecule has 0 radical (unpaired) electrons. The van der Waals surface area contributed by atoms with E-state index in [2.05, 4.69) is 0 Å². The summed E-state index contributed by atoms with van der Waals surface area (Å²) in [6.07, 6.45) is 6.45. The van der Waals surface area contributed by atoms with Gasteiger partial charge in [-0.05, 0) is 19.3 Å². The lowest BCUT2D eigenvalue weighted by Crippen LogP contribution is -2.33. The van der Waals surface area contributed by atoms with Crippen molar-refractivity contribution in [2.24, 2.45) is 5.92 Å². The fourth-order valence-corrected chi connectivity index (χ4v) is 2.34. The predicted molar refractivity (Wildman–Crippen MR) is 67.9 cm³/mol. The van der Waals surface area contributed by atoms with E-state index >= 15 is 0 Å². The zero-order valence-electron chi connectivity index (χ0n) is 11.2. The molecule has 6 heteroatoms. The number of allylic oxidation sites excluding steroid dienone is 2. The van der Waals surface area contributed by atoms with Gasteiger partial charge in [0, 0.05) is 25.2 Å². The number of carbonyl (C=O) groups is 4. The molecule has 0 N–H and O–H groups in total. The fraction of sp³-hybridized carbons (Fsp3) is 0.571. The van der Waals surface area contributed by atoms with Gasteiger partial charge in [0.2, 0.25) is 0 Å². The number of carbonyl (C=O) groups excluding carboxylic acids is 4. The molecule has 20 heavy (non-hydrogen) atoms. The Bertz CT molecular complexity index is 452. The Morgan fingerprint density at radius 2 is 1.75 bits per heavy atom. The Labute approximate surface area is 116 Å². The lowest BCUT2D eigenvalue weighted by atomic mass is 9.90. The van der Waals surface area contributed by atoms with Crippen molar-refractivity contribution in [1.82, 2.24) is 5.06 Å². The van der Waals surface area contributed by atoms with Crippen LogP contribution in [-0.2, 0) is 24.0 Å². The average Bonchev–Trinajstić information content (AvgIpc) is 2.70. The Morgan fingerprint density at radius 3 is 2.45 bits per heavy atom. The Morgan fingerprint density at radius 1 is 1.10 bits per heavy atom. The molecule has 2 aliphatic rings. The maximum Gasteiger partial charge on any atom is 0.333 e. The summed E-state index contributed by atoms with van der Waals surface area (Å²) in [5.74, 6) is -2.06. The van der Waals surface area contributed by atoms with Crippen molar-refractivity contribution in [3.05, 3.63) is 12.2 Å². The molecule has 1 unspecified atom stereocenters. The molecule has 1 aliphatic carbocycles. The van der Waals surface area contributed by atoms with Crippen molar-refractivity contribution in [2.75, 3.05) is 0 Å². The highest BCUT2D eigenvalue weighted by molar-refractivity contribution is 6.01. The van der Waals surface area contributed by atoms with Gasteiger partial charge in [-0.2, -0.15) is 0 Å². The van der Waals surface area contributed by atoms with Crippen molar-refractivity contribution in [2.45, 2.75) is 44.9 Å². The Kier molecular flexibility index (Phi) is 4.65. The topological polar surface area (TPSA) is 80.8 Å². The molecule has 0 saturated carbocycles. The third-order valence-electron chi connectivity index (χ3n) is 3.47. The van der Waals surface area contributed by atoms with Crippen LogP contribution in [0.15, 0.2) is 12.2 Å². The van der Waals surface area contributed by atoms with Gasteiger partial charge in [0.15, 0.2) is 0 Å². The van der Waals surface area contributed by atoms with E-state index in [9.17, 15) is 19.2 Å². The first-order valence-electron chi connectivity index (χ1n) is 6.82. The molecule has 0 aromatic rings. The quantitative estimate of drug-likeness (QED) is 0.574. The van der Waals surface area contributed by atoms with Crippen LogP contribution in [0, 0.1) is 5.92 Å². The van der Waals surface area contributed by atoms with Crippen LogP contribution in [0.25, 0.3) is 0 Å². The Balaban J connectivity index is 1.89. The largest absolute Gasteiger partial charge is 0.333 e. The minimum absolute atomic E-state index is 0.0328. The summed E-state index contributed by atoms with van der Waals surface area (Å²) in [5, 5.41) is 0.523. The first-order valence-corrected chi connectivity index (χ1v) is 6.82. The zero-order chi connectivity index (χ0) is 14.5. The van der Waals surface area contributed by atoms with Gasteiger partial charge in [0.05, 0.1) is 6.42 Å². The molecule has 1 heterocycles. The number of hydroxylamine groups is 2. The van der Waals surface area contributed by atoms with Gasteiger partial charge >= 0.3 is 5.97 Å². The molecule has 0 aromatic carbocycles. The van der Waals surface area contributed by atoms with E-state index in [1.54, 1.807) is 0 Å². The number of ketones is 1. The van der Waals surface area contributed by atoms with E-state index in [1.807, 2.05) is 12.2 Å². The maximum atomic E-state index is 11.9. The van der Waals surface area contributed by atoms with E-state index in [4.69, 9.17) is 4.84 Å². The first-order chi connectivity index (χ1) is 9.58. The monoisotopic (exact) mass is 279 g/mol. The van der Waals surface area contributed by atoms with Crippen molar-refractivity contribution >= 4 is 23.6 Å². The average molecular weight is 279 g/mol. The summed E-state index contributed by atoms with van der Waals surface area (Å²) in [6.45, 7) is 0. The molecular weight excluding hydrogens is 262 g/mol. The van der Waals surface area contributed by atoms with Crippen molar-refractivity contribution < 1.29 is 24.0 Å². The fourth-order valence-electron chi connectivity index (χ4n) is 2.34. The summed E-state index contributed by atoms with van der Waals surface area (Å²) in [5.41, 5.74) is 0. The molecular formula is C14H17NO5. The number of nitrogens with zero attached hydrogens (tertiary/aromatic N) is 1. The van der Waals surface area contributed by atoms with E-state index in [1.165, 1.54) is 0 Å². The smallest absolute Gasteiger partial charge is 0.330 e. The van der Waals surface area contributed by atoms with Crippen LogP contribution in [0.5, 0.6) is 0 Å². The van der Waals surface area contributed by atoms with Crippen LogP contribution >= 0.6 is 0 Å². The lowest BCUT2D eigenvalue weighted by Gasteiger charge is -2.17. The highest BCUT2D eigenvalue weighted by Crippen LogP contribution is 2.21. The van der Waals surface area contributed by atoms with Crippen LogP contribution in [0.3, 0.4) is 0 Å². The van der Waals surface area contributed by atoms with E-state index in [0.29, 0.717) is 24.3 Å². The molecule has 2 amide bonds. The third kappa shape index (κ3) is 3.53. The summed E-state index contributed by atoms with van der Waals surface area (Å²) >= 11 is 0. The lowest BCUT2D eigenvalue weighted by molar-refractivity contribution is -0.198. The number of imide groups is 1. The van der Waals surface area contributed by atoms with E-state index in [-0.39, 0.29) is 31.0 Å². The number of amides is 2. The summed E-state index contributed by atoms with van der Waals surface area (Å²) < 4.78 is 0. The van der Waals surface area contributed by atoms with E-state index in [0.717, 1.165) is 6.42 Å². The van der Waals surface area contributed by atoms with Crippen LogP contribution < -0.4 is 0 Å². The molecule has 108 valence electrons. The van der Waals surface area contributed by atoms with Crippen LogP contribution in [0.1, 0.15) is 44.9 Å². The van der Waals surface area contributed by atoms with Crippen molar-refractivity contribution in [3.63, 3.8) is 0 Å². The van der Waals surface area contributed by atoms with Crippen LogP contribution in [0.4, 0.5) is 0 Å². The number of rotatable bonds is 3. The SMILES string of the molecule is O=C(CC1CCC=CCCC1=O)ON1C(=O)CCC1=O. The zero-order valence-corrected chi connectivity index (χ0v) is 11.2. The second-order valence-electron chi connectivity index (χ2n) is 5.00. The highest BCUT2D eigenvalue weighted by atomic mass is 16.7. The number of Topliss-reactive ketones (excluding diaryl/α,β-unsaturated/α-hetero) is 1. The van der Waals surface area contributed by atoms with Gasteiger partial charge in [0.25, 0.3) is 11.8 Å². The van der Waals surface area contributed by atoms with Crippen molar-refractivity contribution in [3.8, 4) is 0 Å². The molecule has 0 aromatic heterocycles. The van der Waals surface area contributed by atoms with Gasteiger partial charge in [-0.25, -0.2) is 4.79 Å².